The van der Waals surface area contributed by atoms with Crippen LogP contribution in [0, 0.1) is 0 Å². The molecule has 1 saturated heterocycles. The Morgan fingerprint density at radius 3 is 2.54 bits per heavy atom. The third-order valence-corrected chi connectivity index (χ3v) is 5.09. The predicted molar refractivity (Wildman–Crippen MR) is 104 cm³/mol. The molecule has 1 aliphatic rings. The Labute approximate surface area is 156 Å². The van der Waals surface area contributed by atoms with Crippen LogP contribution in [0.4, 0.5) is 0 Å². The highest BCUT2D eigenvalue weighted by Gasteiger charge is 2.23. The standard InChI is InChI=1S/C21H30N4O/c1-4-25-20(14-19(23-25)16(2)3)21(26)22-18-10-12-24(13-11-18)15-17-8-6-5-7-9-17/h5-9,14,16,18H,4,10-13,15H2,1-3H3,(H,22,26). The van der Waals surface area contributed by atoms with Gasteiger partial charge in [-0.1, -0.05) is 44.2 Å². The van der Waals surface area contributed by atoms with Crippen molar-refractivity contribution in [1.82, 2.24) is 20.0 Å². The van der Waals surface area contributed by atoms with E-state index in [0.29, 0.717) is 18.2 Å². The SMILES string of the molecule is CCn1nc(C(C)C)cc1C(=O)NC1CCN(Cc2ccccc2)CC1. The lowest BCUT2D eigenvalue weighted by Gasteiger charge is -2.32. The molecule has 5 heteroatoms. The van der Waals surface area contributed by atoms with Gasteiger partial charge in [0.15, 0.2) is 0 Å². The molecule has 0 atom stereocenters. The molecule has 5 nitrogen and oxygen atoms in total. The van der Waals surface area contributed by atoms with E-state index in [4.69, 9.17) is 0 Å². The summed E-state index contributed by atoms with van der Waals surface area (Å²) in [6.45, 7) is 9.97. The van der Waals surface area contributed by atoms with E-state index in [1.54, 1.807) is 0 Å². The van der Waals surface area contributed by atoms with Gasteiger partial charge in [-0.15, -0.1) is 0 Å². The first kappa shape index (κ1) is 18.6. The predicted octanol–water partition coefficient (Wildman–Crippen LogP) is 3.42. The van der Waals surface area contributed by atoms with Gasteiger partial charge >= 0.3 is 0 Å². The number of amides is 1. The summed E-state index contributed by atoms with van der Waals surface area (Å²) in [6, 6.07) is 12.8. The number of hydrogen-bond donors (Lipinski definition) is 1. The van der Waals surface area contributed by atoms with E-state index in [-0.39, 0.29) is 11.9 Å². The molecular weight excluding hydrogens is 324 g/mol. The number of hydrogen-bond acceptors (Lipinski definition) is 3. The first-order valence-electron chi connectivity index (χ1n) is 9.71. The number of piperidine rings is 1. The minimum Gasteiger partial charge on any atom is -0.348 e. The molecule has 140 valence electrons. The second kappa shape index (κ2) is 8.49. The van der Waals surface area contributed by atoms with Crippen molar-refractivity contribution in [2.45, 2.75) is 58.7 Å². The fraction of sp³-hybridized carbons (Fsp3) is 0.524. The number of aryl methyl sites for hydroxylation is 1. The molecule has 2 heterocycles. The third kappa shape index (κ3) is 4.52. The first-order valence-corrected chi connectivity index (χ1v) is 9.71. The molecule has 0 unspecified atom stereocenters. The summed E-state index contributed by atoms with van der Waals surface area (Å²) in [5.74, 6) is 0.336. The van der Waals surface area contributed by atoms with Gasteiger partial charge in [-0.2, -0.15) is 5.10 Å². The second-order valence-corrected chi connectivity index (χ2v) is 7.43. The first-order chi connectivity index (χ1) is 12.6. The summed E-state index contributed by atoms with van der Waals surface area (Å²) in [7, 11) is 0. The van der Waals surface area contributed by atoms with Gasteiger partial charge in [0.1, 0.15) is 5.69 Å². The van der Waals surface area contributed by atoms with E-state index >= 15 is 0 Å². The van der Waals surface area contributed by atoms with E-state index in [9.17, 15) is 4.79 Å². The minimum atomic E-state index is 0.00718. The summed E-state index contributed by atoms with van der Waals surface area (Å²) < 4.78 is 1.81. The Balaban J connectivity index is 1.53. The average Bonchev–Trinajstić information content (AvgIpc) is 3.09. The molecule has 1 aromatic carbocycles. The fourth-order valence-corrected chi connectivity index (χ4v) is 3.48. The van der Waals surface area contributed by atoms with Gasteiger partial charge in [0.05, 0.1) is 5.69 Å². The van der Waals surface area contributed by atoms with Gasteiger partial charge in [-0.3, -0.25) is 14.4 Å². The van der Waals surface area contributed by atoms with Crippen LogP contribution in [-0.2, 0) is 13.1 Å². The van der Waals surface area contributed by atoms with E-state index in [1.165, 1.54) is 5.56 Å². The van der Waals surface area contributed by atoms with E-state index < -0.39 is 0 Å². The maximum atomic E-state index is 12.7. The monoisotopic (exact) mass is 354 g/mol. The molecule has 0 saturated carbocycles. The van der Waals surface area contributed by atoms with Crippen LogP contribution in [-0.4, -0.2) is 39.7 Å². The normalized spacial score (nSPS) is 16.2. The zero-order chi connectivity index (χ0) is 18.5. The molecule has 0 radical (unpaired) electrons. The summed E-state index contributed by atoms with van der Waals surface area (Å²) in [4.78, 5) is 15.2. The van der Waals surface area contributed by atoms with Gasteiger partial charge in [-0.05, 0) is 37.3 Å². The minimum absolute atomic E-state index is 0.00718. The zero-order valence-electron chi connectivity index (χ0n) is 16.1. The number of likely N-dealkylation sites (tertiary alicyclic amines) is 1. The van der Waals surface area contributed by atoms with Crippen LogP contribution in [0.15, 0.2) is 36.4 Å². The molecule has 0 spiro atoms. The van der Waals surface area contributed by atoms with Crippen molar-refractivity contribution in [3.63, 3.8) is 0 Å². The Hall–Kier alpha value is -2.14. The molecule has 1 fully saturated rings. The van der Waals surface area contributed by atoms with Crippen LogP contribution in [0.5, 0.6) is 0 Å². The number of carbonyl (C=O) groups is 1. The highest BCUT2D eigenvalue weighted by molar-refractivity contribution is 5.92. The van der Waals surface area contributed by atoms with Crippen LogP contribution in [0.25, 0.3) is 0 Å². The Bertz CT molecular complexity index is 715. The van der Waals surface area contributed by atoms with Crippen molar-refractivity contribution in [3.8, 4) is 0 Å². The fourth-order valence-electron chi connectivity index (χ4n) is 3.48. The molecule has 1 amide bonds. The smallest absolute Gasteiger partial charge is 0.269 e. The highest BCUT2D eigenvalue weighted by atomic mass is 16.2. The van der Waals surface area contributed by atoms with Crippen LogP contribution in [0.3, 0.4) is 0 Å². The molecule has 0 bridgehead atoms. The number of carbonyl (C=O) groups excluding carboxylic acids is 1. The molecular formula is C21H30N4O. The van der Waals surface area contributed by atoms with E-state index in [0.717, 1.165) is 38.2 Å². The van der Waals surface area contributed by atoms with Crippen LogP contribution in [0.1, 0.15) is 61.3 Å². The number of nitrogens with zero attached hydrogens (tertiary/aromatic N) is 3. The summed E-state index contributed by atoms with van der Waals surface area (Å²) in [5, 5.41) is 7.77. The number of nitrogens with one attached hydrogen (secondary N) is 1. The van der Waals surface area contributed by atoms with Crippen molar-refractivity contribution in [2.75, 3.05) is 13.1 Å². The number of benzene rings is 1. The lowest BCUT2D eigenvalue weighted by molar-refractivity contribution is 0.0898. The lowest BCUT2D eigenvalue weighted by atomic mass is 10.0. The molecule has 3 rings (SSSR count). The summed E-state index contributed by atoms with van der Waals surface area (Å²) in [6.07, 6.45) is 1.99. The Kier molecular flexibility index (Phi) is 6.09. The van der Waals surface area contributed by atoms with Gasteiger partial charge in [0.25, 0.3) is 5.91 Å². The van der Waals surface area contributed by atoms with Crippen LogP contribution >= 0.6 is 0 Å². The molecule has 26 heavy (non-hydrogen) atoms. The van der Waals surface area contributed by atoms with Crippen molar-refractivity contribution in [1.29, 1.82) is 0 Å². The van der Waals surface area contributed by atoms with Crippen molar-refractivity contribution < 1.29 is 4.79 Å². The van der Waals surface area contributed by atoms with E-state index in [1.807, 2.05) is 17.7 Å². The van der Waals surface area contributed by atoms with Gasteiger partial charge < -0.3 is 5.32 Å². The van der Waals surface area contributed by atoms with E-state index in [2.05, 4.69) is 59.5 Å². The van der Waals surface area contributed by atoms with Crippen molar-refractivity contribution >= 4 is 5.91 Å². The average molecular weight is 354 g/mol. The molecule has 1 N–H and O–H groups in total. The number of aromatic nitrogens is 2. The summed E-state index contributed by atoms with van der Waals surface area (Å²) >= 11 is 0. The van der Waals surface area contributed by atoms with Gasteiger partial charge in [0.2, 0.25) is 0 Å². The van der Waals surface area contributed by atoms with Gasteiger partial charge in [-0.25, -0.2) is 0 Å². The second-order valence-electron chi connectivity index (χ2n) is 7.43. The van der Waals surface area contributed by atoms with Gasteiger partial charge in [0, 0.05) is 32.2 Å². The zero-order valence-corrected chi connectivity index (χ0v) is 16.1. The molecule has 0 aliphatic carbocycles. The maximum Gasteiger partial charge on any atom is 0.269 e. The largest absolute Gasteiger partial charge is 0.348 e. The third-order valence-electron chi connectivity index (χ3n) is 5.09. The Morgan fingerprint density at radius 1 is 1.23 bits per heavy atom. The maximum absolute atomic E-state index is 12.7. The highest BCUT2D eigenvalue weighted by Crippen LogP contribution is 2.17. The van der Waals surface area contributed by atoms with Crippen molar-refractivity contribution in [2.24, 2.45) is 0 Å². The van der Waals surface area contributed by atoms with Crippen LogP contribution < -0.4 is 5.32 Å². The molecule has 2 aromatic rings. The quantitative estimate of drug-likeness (QED) is 0.865. The Morgan fingerprint density at radius 2 is 1.92 bits per heavy atom. The summed E-state index contributed by atoms with van der Waals surface area (Å²) in [5.41, 5.74) is 3.01. The topological polar surface area (TPSA) is 50.2 Å². The molecule has 1 aromatic heterocycles. The van der Waals surface area contributed by atoms with Crippen LogP contribution in [0.2, 0.25) is 0 Å². The molecule has 1 aliphatic heterocycles. The lowest BCUT2D eigenvalue weighted by Crippen LogP contribution is -2.44. The van der Waals surface area contributed by atoms with Crippen molar-refractivity contribution in [3.05, 3.63) is 53.3 Å². The number of rotatable bonds is 6.